The predicted molar refractivity (Wildman–Crippen MR) is 181 cm³/mol. The van der Waals surface area contributed by atoms with E-state index in [0.717, 1.165) is 28.0 Å². The number of nitrogens with two attached hydrogens (primary N) is 1. The summed E-state index contributed by atoms with van der Waals surface area (Å²) in [5.41, 5.74) is 9.59. The van der Waals surface area contributed by atoms with E-state index >= 15 is 0 Å². The number of hydrogen-bond acceptors (Lipinski definition) is 7. The van der Waals surface area contributed by atoms with E-state index < -0.39 is 11.5 Å². The first-order valence-corrected chi connectivity index (χ1v) is 15.7. The summed E-state index contributed by atoms with van der Waals surface area (Å²) in [7, 11) is 0. The van der Waals surface area contributed by atoms with Gasteiger partial charge in [0.25, 0.3) is 5.56 Å². The topological polar surface area (TPSA) is 114 Å². The Morgan fingerprint density at radius 1 is 0.783 bits per heavy atom. The van der Waals surface area contributed by atoms with Gasteiger partial charge in [-0.1, -0.05) is 83.9 Å². The maximum absolute atomic E-state index is 13.5. The third-order valence-electron chi connectivity index (χ3n) is 7.48. The number of halogens is 2. The van der Waals surface area contributed by atoms with Gasteiger partial charge in [0.2, 0.25) is 0 Å². The highest BCUT2D eigenvalue weighted by Gasteiger charge is 2.32. The van der Waals surface area contributed by atoms with Gasteiger partial charge in [-0.05, 0) is 53.6 Å². The van der Waals surface area contributed by atoms with Gasteiger partial charge in [-0.2, -0.15) is 10.5 Å². The van der Waals surface area contributed by atoms with Gasteiger partial charge in [-0.15, -0.1) is 11.3 Å². The average molecular weight is 664 g/mol. The number of nitrogens with zero attached hydrogens (tertiary/aromatic N) is 3. The fraction of sp³-hybridized carbons (Fsp3) is 0.0833. The van der Waals surface area contributed by atoms with Crippen LogP contribution in [-0.4, -0.2) is 4.57 Å². The molecule has 0 saturated carbocycles. The van der Waals surface area contributed by atoms with Crippen LogP contribution in [0.5, 0.6) is 11.5 Å². The number of rotatable bonds is 8. The largest absolute Gasteiger partial charge is 0.489 e. The summed E-state index contributed by atoms with van der Waals surface area (Å²) < 4.78 is 13.8. The molecule has 4 aromatic carbocycles. The van der Waals surface area contributed by atoms with E-state index in [1.807, 2.05) is 54.6 Å². The molecule has 1 atom stereocenters. The molecule has 0 aliphatic carbocycles. The quantitative estimate of drug-likeness (QED) is 0.208. The monoisotopic (exact) mass is 662 g/mol. The van der Waals surface area contributed by atoms with Crippen molar-refractivity contribution in [3.63, 3.8) is 0 Å². The third-order valence-corrected chi connectivity index (χ3v) is 9.33. The van der Waals surface area contributed by atoms with E-state index in [1.165, 1.54) is 4.57 Å². The maximum Gasteiger partial charge on any atom is 0.274 e. The molecule has 2 heterocycles. The summed E-state index contributed by atoms with van der Waals surface area (Å²) in [4.78, 5) is 13.5. The average Bonchev–Trinajstić information content (AvgIpc) is 3.40. The zero-order chi connectivity index (χ0) is 32.2. The van der Waals surface area contributed by atoms with Crippen molar-refractivity contribution >= 4 is 52.0 Å². The van der Waals surface area contributed by atoms with E-state index in [4.69, 9.17) is 38.4 Å². The van der Waals surface area contributed by atoms with Gasteiger partial charge in [0, 0.05) is 21.2 Å². The van der Waals surface area contributed by atoms with E-state index in [-0.39, 0.29) is 23.6 Å². The Labute approximate surface area is 278 Å². The predicted octanol–water partition coefficient (Wildman–Crippen LogP) is 6.33. The molecule has 0 spiro atoms. The van der Waals surface area contributed by atoms with Crippen molar-refractivity contribution in [1.82, 2.24) is 4.57 Å². The number of hydrogen-bond donors (Lipinski definition) is 1. The SMILES string of the molecule is N#CC1=C(N)n2c(s/c(=C/c3ccc(OCc4ccccc4Cl)cc3)c2=O)=C(C#N)C1c1ccc(OCc2ccccc2Cl)cc1. The molecule has 10 heteroatoms. The van der Waals surface area contributed by atoms with Gasteiger partial charge in [-0.3, -0.25) is 9.36 Å². The number of ether oxygens (including phenoxy) is 2. The minimum Gasteiger partial charge on any atom is -0.489 e. The minimum absolute atomic E-state index is 0.00441. The van der Waals surface area contributed by atoms with Crippen LogP contribution in [0.25, 0.3) is 17.5 Å². The summed E-state index contributed by atoms with van der Waals surface area (Å²) in [6.45, 7) is 0.605. The Balaban J connectivity index is 1.29. The molecule has 1 unspecified atom stereocenters. The lowest BCUT2D eigenvalue weighted by molar-refractivity contribution is 0.306. The molecule has 0 bridgehead atoms. The Morgan fingerprint density at radius 3 is 1.83 bits per heavy atom. The van der Waals surface area contributed by atoms with Crippen molar-refractivity contribution in [2.45, 2.75) is 19.1 Å². The molecule has 0 saturated heterocycles. The summed E-state index contributed by atoms with van der Waals surface area (Å²) in [6, 6.07) is 33.7. The number of allylic oxidation sites excluding steroid dienone is 1. The lowest BCUT2D eigenvalue weighted by atomic mass is 9.84. The van der Waals surface area contributed by atoms with Crippen molar-refractivity contribution in [2.24, 2.45) is 5.73 Å². The highest BCUT2D eigenvalue weighted by Crippen LogP contribution is 2.36. The first kappa shape index (κ1) is 30.8. The molecule has 1 aromatic heterocycles. The molecule has 5 aromatic rings. The number of fused-ring (bicyclic) bond motifs is 1. The van der Waals surface area contributed by atoms with Crippen LogP contribution >= 0.6 is 34.5 Å². The number of nitriles is 2. The summed E-state index contributed by atoms with van der Waals surface area (Å²) >= 11 is 13.6. The summed E-state index contributed by atoms with van der Waals surface area (Å²) in [5.74, 6) is 0.504. The van der Waals surface area contributed by atoms with E-state index in [2.05, 4.69) is 12.1 Å². The fourth-order valence-electron chi connectivity index (χ4n) is 5.11. The molecule has 6 rings (SSSR count). The van der Waals surface area contributed by atoms with Crippen LogP contribution in [0.3, 0.4) is 0 Å². The number of aromatic nitrogens is 1. The summed E-state index contributed by atoms with van der Waals surface area (Å²) in [5, 5.41) is 21.7. The van der Waals surface area contributed by atoms with Crippen molar-refractivity contribution in [1.29, 1.82) is 10.5 Å². The molecular weight excluding hydrogens is 639 g/mol. The van der Waals surface area contributed by atoms with E-state index in [1.54, 1.807) is 48.5 Å². The molecular formula is C36H24Cl2N4O3S. The lowest BCUT2D eigenvalue weighted by Crippen LogP contribution is -2.38. The zero-order valence-electron chi connectivity index (χ0n) is 24.1. The van der Waals surface area contributed by atoms with Gasteiger partial charge in [0.1, 0.15) is 35.2 Å². The van der Waals surface area contributed by atoms with Crippen molar-refractivity contribution < 1.29 is 9.47 Å². The van der Waals surface area contributed by atoms with Gasteiger partial charge in [-0.25, -0.2) is 0 Å². The first-order chi connectivity index (χ1) is 22.4. The molecule has 0 radical (unpaired) electrons. The van der Waals surface area contributed by atoms with Gasteiger partial charge < -0.3 is 15.2 Å². The summed E-state index contributed by atoms with van der Waals surface area (Å²) in [6.07, 6.45) is 1.73. The fourth-order valence-corrected chi connectivity index (χ4v) is 6.61. The molecule has 0 fully saturated rings. The Hall–Kier alpha value is -5.25. The van der Waals surface area contributed by atoms with Crippen molar-refractivity contribution in [3.05, 3.63) is 154 Å². The smallest absolute Gasteiger partial charge is 0.274 e. The second kappa shape index (κ2) is 13.4. The zero-order valence-corrected chi connectivity index (χ0v) is 26.4. The molecule has 226 valence electrons. The Kier molecular flexibility index (Phi) is 8.96. The maximum atomic E-state index is 13.5. The molecule has 2 N–H and O–H groups in total. The third kappa shape index (κ3) is 6.15. The Bertz CT molecular complexity index is 2240. The molecule has 0 amide bonds. The number of thiazole rings is 1. The first-order valence-electron chi connectivity index (χ1n) is 14.1. The van der Waals surface area contributed by atoms with Crippen LogP contribution in [0.15, 0.2) is 107 Å². The normalized spacial score (nSPS) is 14.4. The van der Waals surface area contributed by atoms with Crippen LogP contribution in [0.4, 0.5) is 0 Å². The van der Waals surface area contributed by atoms with Gasteiger partial charge in [0.15, 0.2) is 0 Å². The van der Waals surface area contributed by atoms with E-state index in [0.29, 0.717) is 42.9 Å². The molecule has 1 aliphatic rings. The lowest BCUT2D eigenvalue weighted by Gasteiger charge is -2.22. The van der Waals surface area contributed by atoms with Crippen LogP contribution < -0.4 is 30.0 Å². The Morgan fingerprint density at radius 2 is 1.30 bits per heavy atom. The van der Waals surface area contributed by atoms with Crippen LogP contribution in [0.2, 0.25) is 10.0 Å². The molecule has 1 aliphatic heterocycles. The van der Waals surface area contributed by atoms with Crippen molar-refractivity contribution in [3.8, 4) is 23.6 Å². The molecule has 46 heavy (non-hydrogen) atoms. The van der Waals surface area contributed by atoms with Crippen LogP contribution in [0.1, 0.15) is 28.2 Å². The van der Waals surface area contributed by atoms with Crippen LogP contribution in [0, 0.1) is 22.7 Å². The highest BCUT2D eigenvalue weighted by atomic mass is 35.5. The minimum atomic E-state index is -0.743. The highest BCUT2D eigenvalue weighted by molar-refractivity contribution is 7.07. The van der Waals surface area contributed by atoms with E-state index in [9.17, 15) is 15.3 Å². The van der Waals surface area contributed by atoms with Crippen LogP contribution in [-0.2, 0) is 13.2 Å². The molecule has 7 nitrogen and oxygen atoms in total. The standard InChI is InChI=1S/C36H24Cl2N4O3S/c37-30-7-3-1-5-24(30)20-44-26-13-9-22(10-14-26)17-32-35(43)42-34(41)28(18-39)33(29(19-40)36(42)46-32)23-11-15-27(16-12-23)45-21-25-6-2-4-8-31(25)38/h1-17,33H,20-21,41H2/b32-17+. The van der Waals surface area contributed by atoms with Gasteiger partial charge >= 0.3 is 0 Å². The second-order valence-corrected chi connectivity index (χ2v) is 12.2. The number of benzene rings is 4. The second-order valence-electron chi connectivity index (χ2n) is 10.3. The van der Waals surface area contributed by atoms with Gasteiger partial charge in [0.05, 0.1) is 33.7 Å². The van der Waals surface area contributed by atoms with Crippen molar-refractivity contribution in [2.75, 3.05) is 0 Å².